The lowest BCUT2D eigenvalue weighted by Gasteiger charge is -2.37. The van der Waals surface area contributed by atoms with Gasteiger partial charge < -0.3 is 10.1 Å². The number of likely N-dealkylation sites (N-methyl/N-ethyl adjacent to an activating group) is 2. The minimum absolute atomic E-state index is 0.0668. The third-order valence-electron chi connectivity index (χ3n) is 3.75. The first-order chi connectivity index (χ1) is 9.89. The van der Waals surface area contributed by atoms with Crippen molar-refractivity contribution in [2.45, 2.75) is 52.2 Å². The van der Waals surface area contributed by atoms with Crippen molar-refractivity contribution in [2.75, 3.05) is 39.8 Å². The summed E-state index contributed by atoms with van der Waals surface area (Å²) in [7, 11) is -1.76. The average Bonchev–Trinajstić information content (AvgIpc) is 2.44. The van der Waals surface area contributed by atoms with Crippen molar-refractivity contribution in [3.05, 3.63) is 0 Å². The van der Waals surface area contributed by atoms with Gasteiger partial charge in [-0.15, -0.1) is 0 Å². The van der Waals surface area contributed by atoms with Crippen molar-refractivity contribution in [1.82, 2.24) is 13.9 Å². The monoisotopic (exact) mass is 321 g/mol. The number of ether oxygens (including phenoxy) is 1. The maximum Gasteiger partial charge on any atom is 0.282 e. The number of nitrogens with zero attached hydrogens (tertiary/aromatic N) is 2. The van der Waals surface area contributed by atoms with Gasteiger partial charge in [0.15, 0.2) is 0 Å². The zero-order chi connectivity index (χ0) is 15.9. The standard InChI is InChI=1S/C14H31N3O3S/c1-5-15-12-14-8-6-7-9-17(14)21(18,19)16(4)10-11-20-13(2)3/h13-15H,5-12H2,1-4H3. The second-order valence-corrected chi connectivity index (χ2v) is 7.80. The van der Waals surface area contributed by atoms with Crippen LogP contribution in [0.15, 0.2) is 0 Å². The van der Waals surface area contributed by atoms with Gasteiger partial charge in [-0.3, -0.25) is 0 Å². The predicted molar refractivity (Wildman–Crippen MR) is 85.5 cm³/mol. The molecule has 0 spiro atoms. The number of piperidine rings is 1. The molecule has 0 aromatic carbocycles. The van der Waals surface area contributed by atoms with Crippen LogP contribution in [0.3, 0.4) is 0 Å². The van der Waals surface area contributed by atoms with E-state index < -0.39 is 10.2 Å². The van der Waals surface area contributed by atoms with Crippen LogP contribution in [0.5, 0.6) is 0 Å². The number of nitrogens with one attached hydrogen (secondary N) is 1. The van der Waals surface area contributed by atoms with Crippen molar-refractivity contribution in [2.24, 2.45) is 0 Å². The highest BCUT2D eigenvalue weighted by Gasteiger charge is 2.34. The lowest BCUT2D eigenvalue weighted by Crippen LogP contribution is -2.53. The molecule has 1 aliphatic heterocycles. The van der Waals surface area contributed by atoms with E-state index in [4.69, 9.17) is 4.74 Å². The van der Waals surface area contributed by atoms with Crippen molar-refractivity contribution in [3.63, 3.8) is 0 Å². The summed E-state index contributed by atoms with van der Waals surface area (Å²) < 4.78 is 33.9. The molecule has 0 radical (unpaired) electrons. The van der Waals surface area contributed by atoms with E-state index in [0.717, 1.165) is 32.4 Å². The van der Waals surface area contributed by atoms with Crippen LogP contribution in [0.2, 0.25) is 0 Å². The van der Waals surface area contributed by atoms with Gasteiger partial charge in [-0.05, 0) is 33.2 Å². The van der Waals surface area contributed by atoms with Crippen LogP contribution in [0.4, 0.5) is 0 Å². The van der Waals surface area contributed by atoms with Gasteiger partial charge in [0.1, 0.15) is 0 Å². The largest absolute Gasteiger partial charge is 0.377 e. The summed E-state index contributed by atoms with van der Waals surface area (Å²) in [5, 5.41) is 3.27. The molecule has 0 aromatic rings. The quantitative estimate of drug-likeness (QED) is 0.689. The molecule has 1 rings (SSSR count). The summed E-state index contributed by atoms with van der Waals surface area (Å²) in [6.45, 7) is 8.97. The SMILES string of the molecule is CCNCC1CCCCN1S(=O)(=O)N(C)CCOC(C)C. The molecular weight excluding hydrogens is 290 g/mol. The summed E-state index contributed by atoms with van der Waals surface area (Å²) in [5.74, 6) is 0. The van der Waals surface area contributed by atoms with Gasteiger partial charge in [-0.1, -0.05) is 13.3 Å². The smallest absolute Gasteiger partial charge is 0.282 e. The normalized spacial score (nSPS) is 21.3. The number of hydrogen-bond donors (Lipinski definition) is 1. The van der Waals surface area contributed by atoms with E-state index in [1.807, 2.05) is 20.8 Å². The number of rotatable bonds is 9. The molecule has 0 aliphatic carbocycles. The van der Waals surface area contributed by atoms with Crippen LogP contribution in [0.1, 0.15) is 40.0 Å². The lowest BCUT2D eigenvalue weighted by molar-refractivity contribution is 0.0724. The molecule has 1 aliphatic rings. The van der Waals surface area contributed by atoms with Crippen LogP contribution < -0.4 is 5.32 Å². The Morgan fingerprint density at radius 3 is 2.71 bits per heavy atom. The van der Waals surface area contributed by atoms with E-state index in [2.05, 4.69) is 5.32 Å². The van der Waals surface area contributed by atoms with E-state index in [9.17, 15) is 8.42 Å². The first-order valence-electron chi connectivity index (χ1n) is 7.95. The predicted octanol–water partition coefficient (Wildman–Crippen LogP) is 1.05. The van der Waals surface area contributed by atoms with Gasteiger partial charge in [0, 0.05) is 32.7 Å². The Labute approximate surface area is 130 Å². The Hall–Kier alpha value is -0.210. The van der Waals surface area contributed by atoms with Crippen molar-refractivity contribution in [1.29, 1.82) is 0 Å². The third-order valence-corrected chi connectivity index (χ3v) is 5.79. The molecule has 21 heavy (non-hydrogen) atoms. The molecule has 0 aromatic heterocycles. The van der Waals surface area contributed by atoms with Crippen LogP contribution in [0.25, 0.3) is 0 Å². The highest BCUT2D eigenvalue weighted by Crippen LogP contribution is 2.21. The topological polar surface area (TPSA) is 61.9 Å². The minimum atomic E-state index is -3.39. The van der Waals surface area contributed by atoms with Crippen molar-refractivity contribution >= 4 is 10.2 Å². The molecule has 1 saturated heterocycles. The summed E-state index contributed by atoms with van der Waals surface area (Å²) in [5.41, 5.74) is 0. The van der Waals surface area contributed by atoms with E-state index in [1.54, 1.807) is 11.4 Å². The average molecular weight is 321 g/mol. The maximum absolute atomic E-state index is 12.7. The molecule has 6 nitrogen and oxygen atoms in total. The highest BCUT2D eigenvalue weighted by molar-refractivity contribution is 7.86. The molecule has 1 N–H and O–H groups in total. The summed E-state index contributed by atoms with van der Waals surface area (Å²) in [4.78, 5) is 0. The summed E-state index contributed by atoms with van der Waals surface area (Å²) in [6.07, 6.45) is 3.10. The van der Waals surface area contributed by atoms with Crippen LogP contribution >= 0.6 is 0 Å². The van der Waals surface area contributed by atoms with Gasteiger partial charge in [0.05, 0.1) is 12.7 Å². The zero-order valence-electron chi connectivity index (χ0n) is 13.8. The molecule has 0 bridgehead atoms. The molecule has 1 unspecified atom stereocenters. The molecule has 0 saturated carbocycles. The van der Waals surface area contributed by atoms with Crippen LogP contribution in [-0.2, 0) is 14.9 Å². The van der Waals surface area contributed by atoms with E-state index in [0.29, 0.717) is 19.7 Å². The van der Waals surface area contributed by atoms with Crippen LogP contribution in [-0.4, -0.2) is 69.0 Å². The third kappa shape index (κ3) is 5.83. The van der Waals surface area contributed by atoms with Gasteiger partial charge in [0.25, 0.3) is 10.2 Å². The number of hydrogen-bond acceptors (Lipinski definition) is 4. The Bertz CT molecular complexity index is 387. The molecule has 1 fully saturated rings. The maximum atomic E-state index is 12.7. The first kappa shape index (κ1) is 18.8. The molecule has 1 atom stereocenters. The highest BCUT2D eigenvalue weighted by atomic mass is 32.2. The van der Waals surface area contributed by atoms with E-state index in [1.165, 1.54) is 4.31 Å². The van der Waals surface area contributed by atoms with Gasteiger partial charge >= 0.3 is 0 Å². The summed E-state index contributed by atoms with van der Waals surface area (Å²) in [6, 6.07) is 0.0668. The second kappa shape index (κ2) is 9.05. The fraction of sp³-hybridized carbons (Fsp3) is 1.00. The van der Waals surface area contributed by atoms with E-state index in [-0.39, 0.29) is 12.1 Å². The fourth-order valence-corrected chi connectivity index (χ4v) is 4.08. The molecule has 1 heterocycles. The minimum Gasteiger partial charge on any atom is -0.377 e. The Morgan fingerprint density at radius 1 is 1.38 bits per heavy atom. The van der Waals surface area contributed by atoms with Gasteiger partial charge in [-0.25, -0.2) is 0 Å². The molecule has 7 heteroatoms. The summed E-state index contributed by atoms with van der Waals surface area (Å²) >= 11 is 0. The second-order valence-electron chi connectivity index (χ2n) is 5.82. The Kier molecular flexibility index (Phi) is 8.12. The van der Waals surface area contributed by atoms with Crippen molar-refractivity contribution in [3.8, 4) is 0 Å². The Balaban J connectivity index is 2.63. The molecule has 0 amide bonds. The van der Waals surface area contributed by atoms with E-state index >= 15 is 0 Å². The first-order valence-corrected chi connectivity index (χ1v) is 9.34. The zero-order valence-corrected chi connectivity index (χ0v) is 14.7. The lowest BCUT2D eigenvalue weighted by atomic mass is 10.1. The molecule has 126 valence electrons. The molecular formula is C14H31N3O3S. The van der Waals surface area contributed by atoms with Crippen molar-refractivity contribution < 1.29 is 13.2 Å². The van der Waals surface area contributed by atoms with Gasteiger partial charge in [-0.2, -0.15) is 17.0 Å². The fourth-order valence-electron chi connectivity index (χ4n) is 2.50. The van der Waals surface area contributed by atoms with Gasteiger partial charge in [0.2, 0.25) is 0 Å². The van der Waals surface area contributed by atoms with Crippen LogP contribution in [0, 0.1) is 0 Å². The Morgan fingerprint density at radius 2 is 2.10 bits per heavy atom.